The van der Waals surface area contributed by atoms with Gasteiger partial charge >= 0.3 is 0 Å². The molecule has 0 bridgehead atoms. The van der Waals surface area contributed by atoms with Crippen LogP contribution in [0.5, 0.6) is 17.2 Å². The first-order valence-electron chi connectivity index (χ1n) is 7.03. The van der Waals surface area contributed by atoms with E-state index in [0.29, 0.717) is 29.0 Å². The summed E-state index contributed by atoms with van der Waals surface area (Å²) in [7, 11) is 3.14. The maximum Gasteiger partial charge on any atom is 0.254 e. The molecule has 0 N–H and O–H groups in total. The number of nitrogens with zero attached hydrogens (tertiary/aromatic N) is 2. The predicted molar refractivity (Wildman–Crippen MR) is 83.6 cm³/mol. The standard InChI is InChI=1S/C17H16N2O4/c1-20-13-9-6-10-14(21-2)16(13)22-11-15-18-19-17(23-15)12-7-4-3-5-8-12/h3-10H,11H2,1-2H3. The van der Waals surface area contributed by atoms with E-state index in [9.17, 15) is 0 Å². The smallest absolute Gasteiger partial charge is 0.254 e. The number of para-hydroxylation sites is 1. The predicted octanol–water partition coefficient (Wildman–Crippen LogP) is 3.33. The first-order valence-corrected chi connectivity index (χ1v) is 7.03. The van der Waals surface area contributed by atoms with E-state index in [1.807, 2.05) is 36.4 Å². The third-order valence-electron chi connectivity index (χ3n) is 3.21. The number of benzene rings is 2. The number of aromatic nitrogens is 2. The molecule has 0 saturated heterocycles. The summed E-state index contributed by atoms with van der Waals surface area (Å²) < 4.78 is 21.9. The van der Waals surface area contributed by atoms with Crippen LogP contribution in [-0.4, -0.2) is 24.4 Å². The van der Waals surface area contributed by atoms with Gasteiger partial charge in [0.25, 0.3) is 5.89 Å². The molecule has 0 radical (unpaired) electrons. The molecule has 0 aliphatic heterocycles. The Morgan fingerprint density at radius 2 is 1.57 bits per heavy atom. The normalized spacial score (nSPS) is 10.3. The van der Waals surface area contributed by atoms with E-state index in [1.165, 1.54) is 0 Å². The monoisotopic (exact) mass is 312 g/mol. The highest BCUT2D eigenvalue weighted by Crippen LogP contribution is 2.37. The fraction of sp³-hybridized carbons (Fsp3) is 0.176. The molecule has 23 heavy (non-hydrogen) atoms. The minimum Gasteiger partial charge on any atom is -0.493 e. The Hall–Kier alpha value is -3.02. The lowest BCUT2D eigenvalue weighted by molar-refractivity contribution is 0.238. The van der Waals surface area contributed by atoms with Crippen LogP contribution >= 0.6 is 0 Å². The van der Waals surface area contributed by atoms with E-state index in [0.717, 1.165) is 5.56 Å². The third-order valence-corrected chi connectivity index (χ3v) is 3.21. The number of hydrogen-bond donors (Lipinski definition) is 0. The minimum absolute atomic E-state index is 0.122. The van der Waals surface area contributed by atoms with Crippen molar-refractivity contribution in [3.63, 3.8) is 0 Å². The average molecular weight is 312 g/mol. The van der Waals surface area contributed by atoms with Crippen molar-refractivity contribution in [3.05, 3.63) is 54.4 Å². The average Bonchev–Trinajstić information content (AvgIpc) is 3.09. The van der Waals surface area contributed by atoms with Crippen molar-refractivity contribution in [1.29, 1.82) is 0 Å². The second-order valence-electron chi connectivity index (χ2n) is 4.65. The van der Waals surface area contributed by atoms with Gasteiger partial charge in [0.1, 0.15) is 0 Å². The summed E-state index contributed by atoms with van der Waals surface area (Å²) in [4.78, 5) is 0. The molecule has 0 unspecified atom stereocenters. The minimum atomic E-state index is 0.122. The number of rotatable bonds is 6. The summed E-state index contributed by atoms with van der Waals surface area (Å²) in [5, 5.41) is 8.02. The molecule has 118 valence electrons. The van der Waals surface area contributed by atoms with Crippen molar-refractivity contribution in [3.8, 4) is 28.7 Å². The second-order valence-corrected chi connectivity index (χ2v) is 4.65. The van der Waals surface area contributed by atoms with E-state index in [2.05, 4.69) is 10.2 Å². The summed E-state index contributed by atoms with van der Waals surface area (Å²) in [6.07, 6.45) is 0. The Morgan fingerprint density at radius 1 is 0.870 bits per heavy atom. The first kappa shape index (κ1) is 14.9. The Balaban J connectivity index is 1.76. The third kappa shape index (κ3) is 3.26. The van der Waals surface area contributed by atoms with Crippen LogP contribution in [0.25, 0.3) is 11.5 Å². The second kappa shape index (κ2) is 6.83. The molecule has 0 saturated carbocycles. The molecule has 3 rings (SSSR count). The van der Waals surface area contributed by atoms with Gasteiger partial charge < -0.3 is 18.6 Å². The molecule has 6 heteroatoms. The van der Waals surface area contributed by atoms with Gasteiger partial charge in [-0.1, -0.05) is 24.3 Å². The van der Waals surface area contributed by atoms with Crippen molar-refractivity contribution in [1.82, 2.24) is 10.2 Å². The Morgan fingerprint density at radius 3 is 2.22 bits per heavy atom. The quantitative estimate of drug-likeness (QED) is 0.695. The van der Waals surface area contributed by atoms with Crippen molar-refractivity contribution >= 4 is 0 Å². The summed E-state index contributed by atoms with van der Waals surface area (Å²) in [6.45, 7) is 0.122. The van der Waals surface area contributed by atoms with Gasteiger partial charge in [-0.25, -0.2) is 0 Å². The van der Waals surface area contributed by atoms with E-state index < -0.39 is 0 Å². The van der Waals surface area contributed by atoms with Crippen LogP contribution in [0.2, 0.25) is 0 Å². The maximum atomic E-state index is 5.74. The molecule has 0 aliphatic rings. The molecule has 0 fully saturated rings. The molecule has 0 spiro atoms. The number of hydrogen-bond acceptors (Lipinski definition) is 6. The molecule has 0 atom stereocenters. The molecule has 1 aromatic heterocycles. The molecular formula is C17H16N2O4. The molecule has 0 aliphatic carbocycles. The highest BCUT2D eigenvalue weighted by molar-refractivity contribution is 5.52. The first-order chi connectivity index (χ1) is 11.3. The van der Waals surface area contributed by atoms with Gasteiger partial charge in [-0.05, 0) is 24.3 Å². The van der Waals surface area contributed by atoms with Crippen LogP contribution < -0.4 is 14.2 Å². The summed E-state index contributed by atoms with van der Waals surface area (Å²) in [6, 6.07) is 15.0. The zero-order chi connectivity index (χ0) is 16.1. The number of ether oxygens (including phenoxy) is 3. The van der Waals surface area contributed by atoms with E-state index in [1.54, 1.807) is 26.4 Å². The van der Waals surface area contributed by atoms with E-state index in [-0.39, 0.29) is 6.61 Å². The van der Waals surface area contributed by atoms with Gasteiger partial charge in [-0.15, -0.1) is 10.2 Å². The van der Waals surface area contributed by atoms with Crippen LogP contribution in [0, 0.1) is 0 Å². The van der Waals surface area contributed by atoms with E-state index >= 15 is 0 Å². The molecular weight excluding hydrogens is 296 g/mol. The molecule has 3 aromatic rings. The van der Waals surface area contributed by atoms with Crippen LogP contribution in [0.1, 0.15) is 5.89 Å². The van der Waals surface area contributed by atoms with Gasteiger partial charge in [-0.2, -0.15) is 0 Å². The largest absolute Gasteiger partial charge is 0.493 e. The highest BCUT2D eigenvalue weighted by atomic mass is 16.5. The van der Waals surface area contributed by atoms with Crippen LogP contribution in [0.15, 0.2) is 52.9 Å². The maximum absolute atomic E-state index is 5.74. The van der Waals surface area contributed by atoms with Crippen LogP contribution in [-0.2, 0) is 6.61 Å². The van der Waals surface area contributed by atoms with Gasteiger partial charge in [0, 0.05) is 5.56 Å². The topological polar surface area (TPSA) is 66.6 Å². The van der Waals surface area contributed by atoms with Gasteiger partial charge in [-0.3, -0.25) is 0 Å². The zero-order valence-corrected chi connectivity index (χ0v) is 12.9. The molecule has 6 nitrogen and oxygen atoms in total. The zero-order valence-electron chi connectivity index (χ0n) is 12.9. The van der Waals surface area contributed by atoms with Crippen molar-refractivity contribution in [2.24, 2.45) is 0 Å². The summed E-state index contributed by atoms with van der Waals surface area (Å²) >= 11 is 0. The molecule has 2 aromatic carbocycles. The fourth-order valence-corrected chi connectivity index (χ4v) is 2.10. The lowest BCUT2D eigenvalue weighted by Gasteiger charge is -2.12. The number of methoxy groups -OCH3 is 2. The van der Waals surface area contributed by atoms with Crippen molar-refractivity contribution < 1.29 is 18.6 Å². The molecule has 1 heterocycles. The van der Waals surface area contributed by atoms with Gasteiger partial charge in [0.2, 0.25) is 11.6 Å². The summed E-state index contributed by atoms with van der Waals surface area (Å²) in [5.74, 6) is 2.48. The lowest BCUT2D eigenvalue weighted by Crippen LogP contribution is -2.00. The van der Waals surface area contributed by atoms with Crippen LogP contribution in [0.3, 0.4) is 0 Å². The fourth-order valence-electron chi connectivity index (χ4n) is 2.10. The Labute approximate surface area is 133 Å². The lowest BCUT2D eigenvalue weighted by atomic mass is 10.2. The Bertz CT molecular complexity index is 749. The molecule has 0 amide bonds. The van der Waals surface area contributed by atoms with Crippen molar-refractivity contribution in [2.45, 2.75) is 6.61 Å². The van der Waals surface area contributed by atoms with Gasteiger partial charge in [0.15, 0.2) is 18.1 Å². The SMILES string of the molecule is COc1cccc(OC)c1OCc1nnc(-c2ccccc2)o1. The Kier molecular flexibility index (Phi) is 4.42. The van der Waals surface area contributed by atoms with Gasteiger partial charge in [0.05, 0.1) is 14.2 Å². The van der Waals surface area contributed by atoms with Crippen molar-refractivity contribution in [2.75, 3.05) is 14.2 Å². The van der Waals surface area contributed by atoms with Crippen LogP contribution in [0.4, 0.5) is 0 Å². The highest BCUT2D eigenvalue weighted by Gasteiger charge is 2.14. The van der Waals surface area contributed by atoms with E-state index in [4.69, 9.17) is 18.6 Å². The summed E-state index contributed by atoms with van der Waals surface area (Å²) in [5.41, 5.74) is 0.862.